The van der Waals surface area contributed by atoms with E-state index in [0.717, 1.165) is 12.8 Å². The van der Waals surface area contributed by atoms with Crippen molar-refractivity contribution in [3.8, 4) is 0 Å². The molecule has 1 fully saturated rings. The topological polar surface area (TPSA) is 20.2 Å². The van der Waals surface area contributed by atoms with Gasteiger partial charge in [-0.2, -0.15) is 0 Å². The van der Waals surface area contributed by atoms with Gasteiger partial charge in [0.25, 0.3) is 0 Å². The van der Waals surface area contributed by atoms with E-state index in [0.29, 0.717) is 11.8 Å². The van der Waals surface area contributed by atoms with Crippen molar-refractivity contribution in [3.63, 3.8) is 0 Å². The van der Waals surface area contributed by atoms with Gasteiger partial charge in [-0.05, 0) is 31.1 Å². The maximum absolute atomic E-state index is 9.62. The van der Waals surface area contributed by atoms with Gasteiger partial charge in [0.1, 0.15) is 0 Å². The highest BCUT2D eigenvalue weighted by Gasteiger charge is 2.25. The molecule has 1 rings (SSSR count). The first-order valence-electron chi connectivity index (χ1n) is 4.58. The van der Waals surface area contributed by atoms with E-state index in [1.165, 1.54) is 12.8 Å². The minimum atomic E-state index is -0.0725. The summed E-state index contributed by atoms with van der Waals surface area (Å²) in [5, 5.41) is 9.62. The number of hydrogen-bond acceptors (Lipinski definition) is 1. The Kier molecular flexibility index (Phi) is 3.13. The summed E-state index contributed by atoms with van der Waals surface area (Å²) in [6, 6.07) is 0. The molecule has 0 heterocycles. The Morgan fingerprint density at radius 1 is 1.55 bits per heavy atom. The highest BCUT2D eigenvalue weighted by atomic mass is 16.3. The Morgan fingerprint density at radius 3 is 2.73 bits per heavy atom. The minimum absolute atomic E-state index is 0.0725. The lowest BCUT2D eigenvalue weighted by Gasteiger charge is -2.30. The van der Waals surface area contributed by atoms with Crippen molar-refractivity contribution < 1.29 is 5.11 Å². The van der Waals surface area contributed by atoms with E-state index in [9.17, 15) is 5.11 Å². The molecule has 0 aromatic carbocycles. The second kappa shape index (κ2) is 3.91. The molecule has 1 saturated carbocycles. The molecular formula is C10H18O. The van der Waals surface area contributed by atoms with Gasteiger partial charge in [-0.3, -0.25) is 0 Å². The molecule has 64 valence electrons. The molecule has 0 aromatic heterocycles. The molecule has 0 saturated heterocycles. The van der Waals surface area contributed by atoms with Crippen LogP contribution in [0.2, 0.25) is 0 Å². The van der Waals surface area contributed by atoms with E-state index < -0.39 is 0 Å². The molecule has 1 aliphatic rings. The zero-order chi connectivity index (χ0) is 8.27. The summed E-state index contributed by atoms with van der Waals surface area (Å²) >= 11 is 0. The highest BCUT2D eigenvalue weighted by molar-refractivity contribution is 4.87. The molecule has 1 N–H and O–H groups in total. The maximum Gasteiger partial charge on any atom is 0.0573 e. The van der Waals surface area contributed by atoms with Gasteiger partial charge in [-0.15, -0.1) is 6.58 Å². The molecule has 0 aromatic rings. The zero-order valence-electron chi connectivity index (χ0n) is 7.29. The molecule has 3 unspecified atom stereocenters. The van der Waals surface area contributed by atoms with Crippen LogP contribution in [0.5, 0.6) is 0 Å². The van der Waals surface area contributed by atoms with Gasteiger partial charge in [0.05, 0.1) is 6.10 Å². The fourth-order valence-electron chi connectivity index (χ4n) is 1.93. The molecular weight excluding hydrogens is 136 g/mol. The largest absolute Gasteiger partial charge is 0.393 e. The first kappa shape index (κ1) is 8.79. The molecule has 3 atom stereocenters. The highest BCUT2D eigenvalue weighted by Crippen LogP contribution is 2.31. The van der Waals surface area contributed by atoms with Crippen LogP contribution in [0.3, 0.4) is 0 Å². The van der Waals surface area contributed by atoms with Crippen LogP contribution in [-0.4, -0.2) is 11.2 Å². The van der Waals surface area contributed by atoms with Crippen LogP contribution in [0.15, 0.2) is 12.7 Å². The summed E-state index contributed by atoms with van der Waals surface area (Å²) in [6.07, 6.45) is 6.35. The summed E-state index contributed by atoms with van der Waals surface area (Å²) in [5.41, 5.74) is 0. The van der Waals surface area contributed by atoms with Crippen molar-refractivity contribution in [2.75, 3.05) is 0 Å². The van der Waals surface area contributed by atoms with Gasteiger partial charge >= 0.3 is 0 Å². The van der Waals surface area contributed by atoms with Crippen LogP contribution in [0.1, 0.15) is 32.6 Å². The van der Waals surface area contributed by atoms with E-state index in [1.54, 1.807) is 0 Å². The normalized spacial score (nSPS) is 38.5. The molecule has 0 aliphatic heterocycles. The van der Waals surface area contributed by atoms with Gasteiger partial charge in [-0.1, -0.05) is 19.4 Å². The number of rotatable bonds is 2. The smallest absolute Gasteiger partial charge is 0.0573 e. The van der Waals surface area contributed by atoms with Crippen molar-refractivity contribution in [1.29, 1.82) is 0 Å². The van der Waals surface area contributed by atoms with Gasteiger partial charge in [0, 0.05) is 0 Å². The molecule has 0 spiro atoms. The van der Waals surface area contributed by atoms with E-state index >= 15 is 0 Å². The van der Waals surface area contributed by atoms with Gasteiger partial charge in [0.2, 0.25) is 0 Å². The molecule has 0 bridgehead atoms. The molecule has 1 nitrogen and oxygen atoms in total. The van der Waals surface area contributed by atoms with Gasteiger partial charge < -0.3 is 5.11 Å². The average Bonchev–Trinajstić information content (AvgIpc) is 2.04. The van der Waals surface area contributed by atoms with E-state index in [1.807, 2.05) is 6.08 Å². The van der Waals surface area contributed by atoms with Crippen LogP contribution in [0, 0.1) is 11.8 Å². The monoisotopic (exact) mass is 154 g/mol. The fraction of sp³-hybridized carbons (Fsp3) is 0.800. The molecule has 1 heteroatoms. The van der Waals surface area contributed by atoms with Crippen molar-refractivity contribution in [3.05, 3.63) is 12.7 Å². The third kappa shape index (κ3) is 2.06. The van der Waals surface area contributed by atoms with Crippen LogP contribution in [0.4, 0.5) is 0 Å². The van der Waals surface area contributed by atoms with Gasteiger partial charge in [0.15, 0.2) is 0 Å². The molecule has 11 heavy (non-hydrogen) atoms. The summed E-state index contributed by atoms with van der Waals surface area (Å²) in [5.74, 6) is 1.11. The van der Waals surface area contributed by atoms with Crippen molar-refractivity contribution >= 4 is 0 Å². The Hall–Kier alpha value is -0.300. The zero-order valence-corrected chi connectivity index (χ0v) is 7.29. The quantitative estimate of drug-likeness (QED) is 0.605. The van der Waals surface area contributed by atoms with Gasteiger partial charge in [-0.25, -0.2) is 0 Å². The molecule has 1 aliphatic carbocycles. The summed E-state index contributed by atoms with van der Waals surface area (Å²) < 4.78 is 0. The van der Waals surface area contributed by atoms with Crippen LogP contribution in [-0.2, 0) is 0 Å². The van der Waals surface area contributed by atoms with Crippen molar-refractivity contribution in [2.24, 2.45) is 11.8 Å². The first-order valence-corrected chi connectivity index (χ1v) is 4.58. The fourth-order valence-corrected chi connectivity index (χ4v) is 1.93. The van der Waals surface area contributed by atoms with Crippen molar-refractivity contribution in [2.45, 2.75) is 38.7 Å². The third-order valence-electron chi connectivity index (χ3n) is 2.85. The third-order valence-corrected chi connectivity index (χ3v) is 2.85. The summed E-state index contributed by atoms with van der Waals surface area (Å²) in [7, 11) is 0. The van der Waals surface area contributed by atoms with E-state index in [-0.39, 0.29) is 6.10 Å². The summed E-state index contributed by atoms with van der Waals surface area (Å²) in [6.45, 7) is 5.91. The van der Waals surface area contributed by atoms with Crippen LogP contribution < -0.4 is 0 Å². The summed E-state index contributed by atoms with van der Waals surface area (Å²) in [4.78, 5) is 0. The van der Waals surface area contributed by atoms with Crippen molar-refractivity contribution in [1.82, 2.24) is 0 Å². The van der Waals surface area contributed by atoms with Crippen LogP contribution in [0.25, 0.3) is 0 Å². The Bertz CT molecular complexity index is 131. The maximum atomic E-state index is 9.62. The SMILES string of the molecule is C=CC1CCC(CC)C(O)C1. The lowest BCUT2D eigenvalue weighted by atomic mass is 9.79. The van der Waals surface area contributed by atoms with E-state index in [2.05, 4.69) is 13.5 Å². The standard InChI is InChI=1S/C10H18O/c1-3-8-5-6-9(4-2)10(11)7-8/h3,8-11H,1,4-7H2,2H3. The predicted octanol–water partition coefficient (Wildman–Crippen LogP) is 2.36. The minimum Gasteiger partial charge on any atom is -0.393 e. The number of aliphatic hydroxyl groups excluding tert-OH is 1. The Labute approximate surface area is 69.1 Å². The predicted molar refractivity (Wildman–Crippen MR) is 47.3 cm³/mol. The lowest BCUT2D eigenvalue weighted by Crippen LogP contribution is -2.27. The Balaban J connectivity index is 2.40. The average molecular weight is 154 g/mol. The molecule has 0 amide bonds. The number of hydrogen-bond donors (Lipinski definition) is 1. The van der Waals surface area contributed by atoms with E-state index in [4.69, 9.17) is 0 Å². The Morgan fingerprint density at radius 2 is 2.27 bits per heavy atom. The lowest BCUT2D eigenvalue weighted by molar-refractivity contribution is 0.0530. The number of aliphatic hydroxyl groups is 1. The molecule has 0 radical (unpaired) electrons. The number of allylic oxidation sites excluding steroid dienone is 1. The van der Waals surface area contributed by atoms with Crippen LogP contribution >= 0.6 is 0 Å². The second-order valence-corrected chi connectivity index (χ2v) is 3.54. The first-order chi connectivity index (χ1) is 5.27. The second-order valence-electron chi connectivity index (χ2n) is 3.54.